The monoisotopic (exact) mass is 732 g/mol. The molecule has 1 heterocycles. The summed E-state index contributed by atoms with van der Waals surface area (Å²) in [5, 5.41) is 27.1. The molecule has 0 saturated carbocycles. The fourth-order valence-corrected chi connectivity index (χ4v) is 5.33. The van der Waals surface area contributed by atoms with Gasteiger partial charge in [0.25, 0.3) is 0 Å². The number of nitrogens with zero attached hydrogens (tertiary/aromatic N) is 1. The van der Waals surface area contributed by atoms with E-state index in [0.717, 1.165) is 55.8 Å². The second kappa shape index (κ2) is 39.3. The first-order chi connectivity index (χ1) is 25.9. The number of hydrogen-bond acceptors (Lipinski definition) is 4. The molecule has 1 aromatic carbocycles. The molecule has 3 N–H and O–H groups in total. The van der Waals surface area contributed by atoms with Gasteiger partial charge in [-0.25, -0.2) is 4.98 Å². The van der Waals surface area contributed by atoms with Crippen LogP contribution in [-0.4, -0.2) is 32.2 Å². The van der Waals surface area contributed by atoms with Gasteiger partial charge in [0.05, 0.1) is 5.52 Å². The van der Waals surface area contributed by atoms with Crippen LogP contribution in [0.5, 0.6) is 5.88 Å². The highest BCUT2D eigenvalue weighted by molar-refractivity contribution is 5.78. The molecule has 0 aliphatic heterocycles. The van der Waals surface area contributed by atoms with Crippen molar-refractivity contribution in [2.24, 2.45) is 0 Å². The second-order valence-corrected chi connectivity index (χ2v) is 13.5. The highest BCUT2D eigenvalue weighted by atomic mass is 16.4. The lowest BCUT2D eigenvalue weighted by Gasteiger charge is -1.99. The molecule has 0 aliphatic rings. The van der Waals surface area contributed by atoms with Crippen molar-refractivity contribution in [1.82, 2.24) is 4.98 Å². The maximum Gasteiger partial charge on any atom is 0.303 e. The van der Waals surface area contributed by atoms with Crippen LogP contribution in [0.2, 0.25) is 0 Å². The number of carboxylic acid groups (broad SMARTS) is 2. The van der Waals surface area contributed by atoms with Crippen molar-refractivity contribution in [2.45, 2.75) is 168 Å². The standard InChI is InChI=1S/C20H32O2.C18H34O2.C9H7NO/c1-2-3-4-5-6-7-8-9-10-11-12-13-14-15-16-17-18-19-20(21)22;1-2-3-4-5-6-7-8-9-10-11-12-13-14-15-16-17-18(19)20;11-9-6-5-7-3-1-2-4-8(7)10-9/h6-7,9-10,12-13,15-16H,2-5,8,11,14,17-19H2,1H3,(H,21,22);9-10H,2-8,11-17H2,1H3,(H,19,20);1-6H,(H,10,11). The molecule has 0 atom stereocenters. The molecular formula is C47H73NO5. The molecule has 0 amide bonds. The first-order valence-corrected chi connectivity index (χ1v) is 20.6. The normalized spacial score (nSPS) is 11.5. The summed E-state index contributed by atoms with van der Waals surface area (Å²) in [5.41, 5.74) is 0.826. The molecule has 0 bridgehead atoms. The minimum atomic E-state index is -0.712. The number of pyridine rings is 1. The maximum absolute atomic E-state index is 10.3. The zero-order chi connectivity index (χ0) is 38.9. The van der Waals surface area contributed by atoms with Crippen molar-refractivity contribution in [3.8, 4) is 5.88 Å². The number of unbranched alkanes of at least 4 members (excludes halogenated alkanes) is 15. The van der Waals surface area contributed by atoms with Crippen molar-refractivity contribution < 1.29 is 24.9 Å². The van der Waals surface area contributed by atoms with Gasteiger partial charge in [-0.05, 0) is 89.2 Å². The van der Waals surface area contributed by atoms with Gasteiger partial charge < -0.3 is 15.3 Å². The number of hydrogen-bond donors (Lipinski definition) is 3. The lowest BCUT2D eigenvalue weighted by Crippen LogP contribution is -1.93. The number of allylic oxidation sites excluding steroid dienone is 10. The van der Waals surface area contributed by atoms with Crippen molar-refractivity contribution in [3.63, 3.8) is 0 Å². The Morgan fingerprint density at radius 3 is 1.43 bits per heavy atom. The van der Waals surface area contributed by atoms with E-state index < -0.39 is 11.9 Å². The van der Waals surface area contributed by atoms with Crippen LogP contribution in [0.25, 0.3) is 10.9 Å². The number of carbonyl (C=O) groups is 2. The van der Waals surface area contributed by atoms with Gasteiger partial charge in [0.1, 0.15) is 0 Å². The number of fused-ring (bicyclic) bond motifs is 1. The predicted octanol–water partition coefficient (Wildman–Crippen LogP) is 14.3. The van der Waals surface area contributed by atoms with E-state index in [1.165, 1.54) is 96.3 Å². The van der Waals surface area contributed by atoms with E-state index in [2.05, 4.69) is 79.6 Å². The lowest BCUT2D eigenvalue weighted by molar-refractivity contribution is -0.138. The molecule has 0 fully saturated rings. The van der Waals surface area contributed by atoms with Crippen LogP contribution in [0.4, 0.5) is 0 Å². The summed E-state index contributed by atoms with van der Waals surface area (Å²) in [5.74, 6) is -1.30. The zero-order valence-electron chi connectivity index (χ0n) is 33.3. The highest BCUT2D eigenvalue weighted by Crippen LogP contribution is 2.14. The molecule has 296 valence electrons. The molecule has 6 nitrogen and oxygen atoms in total. The molecule has 6 heteroatoms. The Hall–Kier alpha value is -3.93. The average Bonchev–Trinajstić information content (AvgIpc) is 3.14. The van der Waals surface area contributed by atoms with E-state index in [0.29, 0.717) is 6.42 Å². The fraction of sp³-hybridized carbons (Fsp3) is 0.553. The van der Waals surface area contributed by atoms with Crippen molar-refractivity contribution in [1.29, 1.82) is 0 Å². The third-order valence-corrected chi connectivity index (χ3v) is 8.46. The number of carboxylic acids is 2. The Balaban J connectivity index is 0.000000800. The number of rotatable bonds is 29. The van der Waals surface area contributed by atoms with Crippen LogP contribution < -0.4 is 0 Å². The molecule has 0 radical (unpaired) electrons. The molecule has 0 aliphatic carbocycles. The number of benzene rings is 1. The second-order valence-electron chi connectivity index (χ2n) is 13.5. The Morgan fingerprint density at radius 2 is 0.887 bits per heavy atom. The first-order valence-electron chi connectivity index (χ1n) is 20.6. The van der Waals surface area contributed by atoms with Crippen molar-refractivity contribution >= 4 is 22.8 Å². The van der Waals surface area contributed by atoms with Gasteiger partial charge in [0.2, 0.25) is 5.88 Å². The van der Waals surface area contributed by atoms with E-state index >= 15 is 0 Å². The summed E-state index contributed by atoms with van der Waals surface area (Å²) in [6, 6.07) is 11.1. The number of aliphatic carboxylic acids is 2. The smallest absolute Gasteiger partial charge is 0.303 e. The first kappa shape index (κ1) is 49.1. The minimum Gasteiger partial charge on any atom is -0.493 e. The topological polar surface area (TPSA) is 108 Å². The van der Waals surface area contributed by atoms with Gasteiger partial charge in [0.15, 0.2) is 0 Å². The summed E-state index contributed by atoms with van der Waals surface area (Å²) in [7, 11) is 0. The maximum atomic E-state index is 10.3. The Morgan fingerprint density at radius 1 is 0.491 bits per heavy atom. The number of aromatic nitrogens is 1. The van der Waals surface area contributed by atoms with Gasteiger partial charge in [0, 0.05) is 24.3 Å². The molecule has 2 aromatic rings. The molecule has 1 aromatic heterocycles. The van der Waals surface area contributed by atoms with E-state index in [9.17, 15) is 9.59 Å². The van der Waals surface area contributed by atoms with Gasteiger partial charge in [-0.15, -0.1) is 0 Å². The predicted molar refractivity (Wildman–Crippen MR) is 227 cm³/mol. The summed E-state index contributed by atoms with van der Waals surface area (Å²) in [6.07, 6.45) is 48.6. The van der Waals surface area contributed by atoms with Gasteiger partial charge in [-0.1, -0.05) is 157 Å². The third kappa shape index (κ3) is 37.6. The van der Waals surface area contributed by atoms with E-state index in [-0.39, 0.29) is 12.3 Å². The Labute approximate surface area is 322 Å². The Bertz CT molecular complexity index is 1290. The summed E-state index contributed by atoms with van der Waals surface area (Å²) < 4.78 is 0. The minimum absolute atomic E-state index is 0.0729. The zero-order valence-corrected chi connectivity index (χ0v) is 33.3. The van der Waals surface area contributed by atoms with Gasteiger partial charge >= 0.3 is 11.9 Å². The molecule has 0 saturated heterocycles. The SMILES string of the molecule is CCCCCC=CCC=CCC=CCC=CCCCC(=O)O.CCCCCCCCC=CCCCCCCCC(=O)O.Oc1ccc2ccccc2n1. The van der Waals surface area contributed by atoms with E-state index in [4.69, 9.17) is 15.3 Å². The summed E-state index contributed by atoms with van der Waals surface area (Å²) >= 11 is 0. The molecule has 0 spiro atoms. The van der Waals surface area contributed by atoms with Crippen LogP contribution in [-0.2, 0) is 9.59 Å². The molecule has 53 heavy (non-hydrogen) atoms. The van der Waals surface area contributed by atoms with Crippen LogP contribution in [0.15, 0.2) is 97.2 Å². The molecular weight excluding hydrogens is 659 g/mol. The van der Waals surface area contributed by atoms with E-state index in [1.54, 1.807) is 6.07 Å². The lowest BCUT2D eigenvalue weighted by atomic mass is 10.1. The van der Waals surface area contributed by atoms with Crippen LogP contribution in [0.1, 0.15) is 168 Å². The fourth-order valence-electron chi connectivity index (χ4n) is 5.33. The van der Waals surface area contributed by atoms with Crippen molar-refractivity contribution in [3.05, 3.63) is 97.2 Å². The van der Waals surface area contributed by atoms with Crippen LogP contribution in [0.3, 0.4) is 0 Å². The Kier molecular flexibility index (Phi) is 36.4. The van der Waals surface area contributed by atoms with Gasteiger partial charge in [-0.3, -0.25) is 9.59 Å². The highest BCUT2D eigenvalue weighted by Gasteiger charge is 1.96. The van der Waals surface area contributed by atoms with Crippen LogP contribution in [0, 0.1) is 0 Å². The third-order valence-electron chi connectivity index (χ3n) is 8.46. The summed E-state index contributed by atoms with van der Waals surface area (Å²) in [6.45, 7) is 4.49. The molecule has 0 unspecified atom stereocenters. The summed E-state index contributed by atoms with van der Waals surface area (Å²) in [4.78, 5) is 24.6. The number of aromatic hydroxyl groups is 1. The molecule has 2 rings (SSSR count). The van der Waals surface area contributed by atoms with Gasteiger partial charge in [-0.2, -0.15) is 0 Å². The van der Waals surface area contributed by atoms with E-state index in [1.807, 2.05) is 30.3 Å². The quantitative estimate of drug-likeness (QED) is 0.0568. The van der Waals surface area contributed by atoms with Crippen molar-refractivity contribution in [2.75, 3.05) is 0 Å². The average molecular weight is 732 g/mol. The largest absolute Gasteiger partial charge is 0.493 e. The number of para-hydroxylation sites is 1. The van der Waals surface area contributed by atoms with Crippen LogP contribution >= 0.6 is 0 Å².